The highest BCUT2D eigenvalue weighted by Crippen LogP contribution is 2.28. The summed E-state index contributed by atoms with van der Waals surface area (Å²) in [7, 11) is 0. The molecule has 4 rings (SSSR count). The summed E-state index contributed by atoms with van der Waals surface area (Å²) in [6.07, 6.45) is 6.55. The van der Waals surface area contributed by atoms with Gasteiger partial charge in [-0.1, -0.05) is 0 Å². The fraction of sp³-hybridized carbons (Fsp3) is 0.375. The maximum Gasteiger partial charge on any atom is 0.399 e. The quantitative estimate of drug-likeness (QED) is 0.904. The summed E-state index contributed by atoms with van der Waals surface area (Å²) in [5.74, 6) is 0.544. The van der Waals surface area contributed by atoms with Crippen molar-refractivity contribution >= 4 is 5.91 Å². The first kappa shape index (κ1) is 13.3. The molecule has 3 heterocycles. The smallest absolute Gasteiger partial charge is 0.399 e. The average molecular weight is 299 g/mol. The highest BCUT2D eigenvalue weighted by atomic mass is 16.6. The molecule has 2 N–H and O–H groups in total. The van der Waals surface area contributed by atoms with Crippen molar-refractivity contribution in [1.82, 2.24) is 15.6 Å². The number of carbonyl (C=O) groups is 1. The number of hydrogen-bond acceptors (Lipinski definition) is 5. The Bertz CT molecular complexity index is 654. The molecule has 2 aliphatic rings. The third kappa shape index (κ3) is 2.57. The molecule has 1 amide bonds. The van der Waals surface area contributed by atoms with Crippen LogP contribution in [-0.2, 0) is 0 Å². The van der Waals surface area contributed by atoms with Crippen LogP contribution in [0, 0.1) is 0 Å². The first-order valence-corrected chi connectivity index (χ1v) is 7.52. The molecule has 3 unspecified atom stereocenters. The minimum absolute atomic E-state index is 0.0398. The standard InChI is InChI=1S/C16H17N3O3/c20-15(19-14-9-11-3-6-13(14)18-11)10-1-4-12(5-2-10)22-16-17-7-8-21-16/h1-2,4-5,7-8,11,13-14,18H,3,6,9H2,(H,19,20). The van der Waals surface area contributed by atoms with Crippen LogP contribution in [-0.4, -0.2) is 29.0 Å². The van der Waals surface area contributed by atoms with Gasteiger partial charge in [-0.2, -0.15) is 4.98 Å². The van der Waals surface area contributed by atoms with Crippen molar-refractivity contribution in [3.63, 3.8) is 0 Å². The number of ether oxygens (including phenoxy) is 1. The van der Waals surface area contributed by atoms with Crippen LogP contribution in [0.2, 0.25) is 0 Å². The van der Waals surface area contributed by atoms with Gasteiger partial charge in [-0.05, 0) is 43.5 Å². The summed E-state index contributed by atoms with van der Waals surface area (Å²) < 4.78 is 10.4. The van der Waals surface area contributed by atoms with E-state index in [0.717, 1.165) is 12.8 Å². The van der Waals surface area contributed by atoms with E-state index in [4.69, 9.17) is 9.15 Å². The number of oxazole rings is 1. The molecule has 1 aromatic carbocycles. The van der Waals surface area contributed by atoms with E-state index in [1.807, 2.05) is 0 Å². The molecule has 22 heavy (non-hydrogen) atoms. The number of aromatic nitrogens is 1. The van der Waals surface area contributed by atoms with Gasteiger partial charge < -0.3 is 19.8 Å². The van der Waals surface area contributed by atoms with Gasteiger partial charge in [0.2, 0.25) is 0 Å². The largest absolute Gasteiger partial charge is 0.417 e. The van der Waals surface area contributed by atoms with Crippen LogP contribution in [0.25, 0.3) is 0 Å². The first-order chi connectivity index (χ1) is 10.8. The maximum absolute atomic E-state index is 12.3. The second-order valence-corrected chi connectivity index (χ2v) is 5.79. The van der Waals surface area contributed by atoms with Crippen LogP contribution in [0.4, 0.5) is 0 Å². The van der Waals surface area contributed by atoms with Gasteiger partial charge in [-0.15, -0.1) is 0 Å². The van der Waals surface area contributed by atoms with Crippen LogP contribution in [0.5, 0.6) is 11.8 Å². The van der Waals surface area contributed by atoms with Crippen LogP contribution in [0.1, 0.15) is 29.6 Å². The third-order valence-electron chi connectivity index (χ3n) is 4.35. The summed E-state index contributed by atoms with van der Waals surface area (Å²) in [5, 5.41) is 6.63. The first-order valence-electron chi connectivity index (χ1n) is 7.52. The second kappa shape index (κ2) is 5.46. The van der Waals surface area contributed by atoms with Crippen molar-refractivity contribution in [1.29, 1.82) is 0 Å². The van der Waals surface area contributed by atoms with Crippen LogP contribution in [0.15, 0.2) is 41.1 Å². The van der Waals surface area contributed by atoms with Crippen LogP contribution < -0.4 is 15.4 Å². The molecule has 0 saturated carbocycles. The van der Waals surface area contributed by atoms with Crippen molar-refractivity contribution < 1.29 is 13.9 Å². The minimum atomic E-state index is -0.0398. The normalized spacial score (nSPS) is 26.1. The minimum Gasteiger partial charge on any atom is -0.417 e. The molecule has 1 aromatic heterocycles. The van der Waals surface area contributed by atoms with E-state index in [1.54, 1.807) is 24.3 Å². The molecule has 0 radical (unpaired) electrons. The highest BCUT2D eigenvalue weighted by Gasteiger charge is 2.39. The molecule has 0 spiro atoms. The molecule has 6 heteroatoms. The van der Waals surface area contributed by atoms with E-state index >= 15 is 0 Å². The number of benzene rings is 1. The molecular formula is C16H17N3O3. The molecule has 2 bridgehead atoms. The van der Waals surface area contributed by atoms with Gasteiger partial charge in [-0.25, -0.2) is 0 Å². The summed E-state index contributed by atoms with van der Waals surface area (Å²) in [6, 6.07) is 8.21. The topological polar surface area (TPSA) is 76.4 Å². The Morgan fingerprint density at radius 3 is 2.82 bits per heavy atom. The van der Waals surface area contributed by atoms with Gasteiger partial charge in [0.05, 0.1) is 6.20 Å². The number of rotatable bonds is 4. The van der Waals surface area contributed by atoms with E-state index < -0.39 is 0 Å². The molecule has 2 aliphatic heterocycles. The lowest BCUT2D eigenvalue weighted by atomic mass is 9.95. The zero-order chi connectivity index (χ0) is 14.9. The average Bonchev–Trinajstić information content (AvgIpc) is 3.25. The second-order valence-electron chi connectivity index (χ2n) is 5.79. The summed E-state index contributed by atoms with van der Waals surface area (Å²) in [5.41, 5.74) is 0.627. The Labute approximate surface area is 127 Å². The fourth-order valence-electron chi connectivity index (χ4n) is 3.27. The van der Waals surface area contributed by atoms with Crippen LogP contribution in [0.3, 0.4) is 0 Å². The summed E-state index contributed by atoms with van der Waals surface area (Å²) in [6.45, 7) is 0. The lowest BCUT2D eigenvalue weighted by Gasteiger charge is -2.21. The molecule has 2 saturated heterocycles. The van der Waals surface area contributed by atoms with Crippen molar-refractivity contribution in [2.45, 2.75) is 37.4 Å². The van der Waals surface area contributed by atoms with Crippen molar-refractivity contribution in [3.8, 4) is 11.8 Å². The molecule has 114 valence electrons. The number of nitrogens with one attached hydrogen (secondary N) is 2. The highest BCUT2D eigenvalue weighted by molar-refractivity contribution is 5.94. The fourth-order valence-corrected chi connectivity index (χ4v) is 3.27. The van der Waals surface area contributed by atoms with E-state index in [9.17, 15) is 4.79 Å². The zero-order valence-electron chi connectivity index (χ0n) is 12.0. The van der Waals surface area contributed by atoms with Crippen molar-refractivity contribution in [2.75, 3.05) is 0 Å². The van der Waals surface area contributed by atoms with Gasteiger partial charge in [-0.3, -0.25) is 4.79 Å². The number of fused-ring (bicyclic) bond motifs is 2. The Kier molecular flexibility index (Phi) is 3.31. The number of hydrogen-bond donors (Lipinski definition) is 2. The molecule has 6 nitrogen and oxygen atoms in total. The Morgan fingerprint density at radius 2 is 2.18 bits per heavy atom. The van der Waals surface area contributed by atoms with E-state index in [0.29, 0.717) is 23.4 Å². The monoisotopic (exact) mass is 299 g/mol. The van der Waals surface area contributed by atoms with Gasteiger partial charge in [0.1, 0.15) is 12.0 Å². The summed E-state index contributed by atoms with van der Waals surface area (Å²) in [4.78, 5) is 16.2. The van der Waals surface area contributed by atoms with E-state index in [2.05, 4.69) is 15.6 Å². The predicted octanol–water partition coefficient (Wildman–Crippen LogP) is 2.09. The lowest BCUT2D eigenvalue weighted by molar-refractivity contribution is 0.0931. The van der Waals surface area contributed by atoms with E-state index in [1.165, 1.54) is 18.9 Å². The van der Waals surface area contributed by atoms with Gasteiger partial charge in [0, 0.05) is 23.7 Å². The van der Waals surface area contributed by atoms with Crippen LogP contribution >= 0.6 is 0 Å². The lowest BCUT2D eigenvalue weighted by Crippen LogP contribution is -2.42. The molecule has 2 aromatic rings. The SMILES string of the molecule is O=C(NC1CC2CCC1N2)c1ccc(Oc2ncco2)cc1. The van der Waals surface area contributed by atoms with Gasteiger partial charge in [0.15, 0.2) is 0 Å². The maximum atomic E-state index is 12.3. The van der Waals surface area contributed by atoms with Crippen molar-refractivity contribution in [2.24, 2.45) is 0 Å². The number of amides is 1. The molecule has 2 fully saturated rings. The molecule has 0 aliphatic carbocycles. The van der Waals surface area contributed by atoms with E-state index in [-0.39, 0.29) is 18.0 Å². The molecule has 3 atom stereocenters. The zero-order valence-corrected chi connectivity index (χ0v) is 12.0. The van der Waals surface area contributed by atoms with Gasteiger partial charge >= 0.3 is 6.08 Å². The number of carbonyl (C=O) groups excluding carboxylic acids is 1. The Morgan fingerprint density at radius 1 is 1.32 bits per heavy atom. The number of nitrogens with zero attached hydrogens (tertiary/aromatic N) is 1. The Hall–Kier alpha value is -2.34. The Balaban J connectivity index is 1.38. The van der Waals surface area contributed by atoms with Gasteiger partial charge in [0.25, 0.3) is 5.91 Å². The molecular weight excluding hydrogens is 282 g/mol. The third-order valence-corrected chi connectivity index (χ3v) is 4.35. The van der Waals surface area contributed by atoms with Crippen molar-refractivity contribution in [3.05, 3.63) is 42.3 Å². The predicted molar refractivity (Wildman–Crippen MR) is 78.8 cm³/mol. The summed E-state index contributed by atoms with van der Waals surface area (Å²) >= 11 is 0.